The number of hydrogen-bond donors (Lipinski definition) is 2. The third kappa shape index (κ3) is 4.90. The Balaban J connectivity index is 4.34. The second kappa shape index (κ2) is 6.34. The highest BCUT2D eigenvalue weighted by molar-refractivity contribution is 7.87. The number of nitrogens with two attached hydrogens (primary N) is 1. The summed E-state index contributed by atoms with van der Waals surface area (Å²) in [7, 11) is -3.32. The van der Waals surface area contributed by atoms with Gasteiger partial charge in [-0.3, -0.25) is 0 Å². The van der Waals surface area contributed by atoms with Crippen LogP contribution in [-0.4, -0.2) is 38.4 Å². The van der Waals surface area contributed by atoms with Crippen LogP contribution in [0.25, 0.3) is 0 Å². The first-order chi connectivity index (χ1) is 6.44. The lowest BCUT2D eigenvalue weighted by atomic mass is 10.4. The molecule has 0 fully saturated rings. The Kier molecular flexibility index (Phi) is 6.26. The maximum atomic E-state index is 11.7. The lowest BCUT2D eigenvalue weighted by Gasteiger charge is -2.21. The fraction of sp³-hybridized carbons (Fsp3) is 1.00. The van der Waals surface area contributed by atoms with Crippen molar-refractivity contribution in [1.29, 1.82) is 0 Å². The van der Waals surface area contributed by atoms with Gasteiger partial charge in [-0.15, -0.1) is 0 Å². The van der Waals surface area contributed by atoms with Gasteiger partial charge < -0.3 is 5.73 Å². The van der Waals surface area contributed by atoms with Crippen LogP contribution in [0.5, 0.6) is 0 Å². The van der Waals surface area contributed by atoms with Gasteiger partial charge in [0.25, 0.3) is 10.2 Å². The van der Waals surface area contributed by atoms with E-state index in [9.17, 15) is 8.42 Å². The van der Waals surface area contributed by atoms with Gasteiger partial charge in [0.2, 0.25) is 0 Å². The fourth-order valence-electron chi connectivity index (χ4n) is 1.09. The predicted molar refractivity (Wildman–Crippen MR) is 58.1 cm³/mol. The SMILES string of the molecule is CCN(CCCN)S(=O)(=O)NC(C)C. The highest BCUT2D eigenvalue weighted by Crippen LogP contribution is 2.00. The maximum Gasteiger partial charge on any atom is 0.279 e. The van der Waals surface area contributed by atoms with Gasteiger partial charge in [0.15, 0.2) is 0 Å². The van der Waals surface area contributed by atoms with E-state index in [-0.39, 0.29) is 6.04 Å². The molecule has 0 radical (unpaired) electrons. The van der Waals surface area contributed by atoms with Crippen LogP contribution in [0.15, 0.2) is 0 Å². The minimum Gasteiger partial charge on any atom is -0.330 e. The van der Waals surface area contributed by atoms with Crippen molar-refractivity contribution >= 4 is 10.2 Å². The van der Waals surface area contributed by atoms with Gasteiger partial charge in [0.05, 0.1) is 0 Å². The van der Waals surface area contributed by atoms with E-state index in [1.54, 1.807) is 13.8 Å². The molecule has 0 rings (SSSR count). The highest BCUT2D eigenvalue weighted by Gasteiger charge is 2.19. The molecule has 0 unspecified atom stereocenters. The van der Waals surface area contributed by atoms with E-state index >= 15 is 0 Å². The zero-order valence-corrected chi connectivity index (χ0v) is 9.97. The van der Waals surface area contributed by atoms with Crippen LogP contribution in [0.1, 0.15) is 27.2 Å². The van der Waals surface area contributed by atoms with Crippen molar-refractivity contribution in [2.45, 2.75) is 33.2 Å². The van der Waals surface area contributed by atoms with E-state index in [1.165, 1.54) is 4.31 Å². The lowest BCUT2D eigenvalue weighted by Crippen LogP contribution is -2.44. The molecule has 0 saturated carbocycles. The molecule has 0 amide bonds. The summed E-state index contributed by atoms with van der Waals surface area (Å²) in [6.07, 6.45) is 0.687. The smallest absolute Gasteiger partial charge is 0.279 e. The van der Waals surface area contributed by atoms with Gasteiger partial charge in [-0.2, -0.15) is 17.4 Å². The summed E-state index contributed by atoms with van der Waals surface area (Å²) in [5.41, 5.74) is 5.33. The second-order valence-electron chi connectivity index (χ2n) is 3.41. The lowest BCUT2D eigenvalue weighted by molar-refractivity contribution is 0.410. The Bertz CT molecular complexity index is 239. The van der Waals surface area contributed by atoms with Crippen LogP contribution < -0.4 is 10.5 Å². The standard InChI is InChI=1S/C8H21N3O2S/c1-4-11(7-5-6-9)14(12,13)10-8(2)3/h8,10H,4-7,9H2,1-3H3. The Morgan fingerprint density at radius 1 is 1.43 bits per heavy atom. The summed E-state index contributed by atoms with van der Waals surface area (Å²) >= 11 is 0. The molecule has 0 heterocycles. The van der Waals surface area contributed by atoms with E-state index in [2.05, 4.69) is 4.72 Å². The normalized spacial score (nSPS) is 12.7. The molecule has 86 valence electrons. The Labute approximate surface area is 86.8 Å². The molecule has 0 aliphatic heterocycles. The molecule has 0 aromatic rings. The van der Waals surface area contributed by atoms with E-state index in [0.29, 0.717) is 26.1 Å². The summed E-state index contributed by atoms with van der Waals surface area (Å²) in [5, 5.41) is 0. The van der Waals surface area contributed by atoms with Gasteiger partial charge in [0, 0.05) is 19.1 Å². The molecular formula is C8H21N3O2S. The Morgan fingerprint density at radius 3 is 2.36 bits per heavy atom. The van der Waals surface area contributed by atoms with Gasteiger partial charge in [-0.25, -0.2) is 0 Å². The van der Waals surface area contributed by atoms with Crippen molar-refractivity contribution in [3.8, 4) is 0 Å². The molecule has 0 bridgehead atoms. The molecule has 0 atom stereocenters. The van der Waals surface area contributed by atoms with Crippen molar-refractivity contribution in [2.24, 2.45) is 5.73 Å². The monoisotopic (exact) mass is 223 g/mol. The summed E-state index contributed by atoms with van der Waals surface area (Å²) in [6, 6.07) is -0.0769. The molecule has 0 spiro atoms. The zero-order valence-electron chi connectivity index (χ0n) is 9.16. The first-order valence-electron chi connectivity index (χ1n) is 4.91. The third-order valence-corrected chi connectivity index (χ3v) is 3.58. The number of rotatable bonds is 7. The topological polar surface area (TPSA) is 75.4 Å². The number of nitrogens with zero attached hydrogens (tertiary/aromatic N) is 1. The predicted octanol–water partition coefficient (Wildman–Crippen LogP) is -0.100. The minimum absolute atomic E-state index is 0.0769. The van der Waals surface area contributed by atoms with Gasteiger partial charge in [-0.05, 0) is 26.8 Å². The van der Waals surface area contributed by atoms with Gasteiger partial charge in [-0.1, -0.05) is 6.92 Å². The van der Waals surface area contributed by atoms with Crippen LogP contribution in [0.2, 0.25) is 0 Å². The van der Waals surface area contributed by atoms with Crippen LogP contribution in [-0.2, 0) is 10.2 Å². The Morgan fingerprint density at radius 2 is 2.00 bits per heavy atom. The van der Waals surface area contributed by atoms with Crippen molar-refractivity contribution in [1.82, 2.24) is 9.03 Å². The average Bonchev–Trinajstić information content (AvgIpc) is 2.02. The third-order valence-electron chi connectivity index (χ3n) is 1.69. The summed E-state index contributed by atoms with van der Waals surface area (Å²) < 4.78 is 27.2. The first kappa shape index (κ1) is 13.8. The van der Waals surface area contributed by atoms with E-state index < -0.39 is 10.2 Å². The molecule has 3 N–H and O–H groups in total. The molecule has 0 saturated heterocycles. The molecule has 0 aromatic carbocycles. The molecule has 0 aromatic heterocycles. The van der Waals surface area contributed by atoms with E-state index in [0.717, 1.165) is 0 Å². The summed E-state index contributed by atoms with van der Waals surface area (Å²) in [5.74, 6) is 0. The van der Waals surface area contributed by atoms with Gasteiger partial charge in [0.1, 0.15) is 0 Å². The largest absolute Gasteiger partial charge is 0.330 e. The van der Waals surface area contributed by atoms with E-state index in [4.69, 9.17) is 5.73 Å². The zero-order chi connectivity index (χ0) is 11.2. The summed E-state index contributed by atoms with van der Waals surface area (Å²) in [6.45, 7) is 6.88. The Hall–Kier alpha value is -0.170. The highest BCUT2D eigenvalue weighted by atomic mass is 32.2. The van der Waals surface area contributed by atoms with Crippen molar-refractivity contribution in [3.05, 3.63) is 0 Å². The first-order valence-corrected chi connectivity index (χ1v) is 6.35. The number of hydrogen-bond acceptors (Lipinski definition) is 3. The van der Waals surface area contributed by atoms with Crippen molar-refractivity contribution in [2.75, 3.05) is 19.6 Å². The fourth-order valence-corrected chi connectivity index (χ4v) is 2.54. The average molecular weight is 223 g/mol. The van der Waals surface area contributed by atoms with Crippen molar-refractivity contribution < 1.29 is 8.42 Å². The van der Waals surface area contributed by atoms with Crippen LogP contribution in [0.3, 0.4) is 0 Å². The van der Waals surface area contributed by atoms with Gasteiger partial charge >= 0.3 is 0 Å². The van der Waals surface area contributed by atoms with Crippen LogP contribution >= 0.6 is 0 Å². The number of nitrogens with one attached hydrogen (secondary N) is 1. The molecular weight excluding hydrogens is 202 g/mol. The minimum atomic E-state index is -3.32. The van der Waals surface area contributed by atoms with Crippen molar-refractivity contribution in [3.63, 3.8) is 0 Å². The van der Waals surface area contributed by atoms with Crippen LogP contribution in [0, 0.1) is 0 Å². The molecule has 14 heavy (non-hydrogen) atoms. The molecule has 0 aliphatic rings. The summed E-state index contributed by atoms with van der Waals surface area (Å²) in [4.78, 5) is 0. The molecule has 5 nitrogen and oxygen atoms in total. The second-order valence-corrected chi connectivity index (χ2v) is 5.11. The molecule has 6 heteroatoms. The van der Waals surface area contributed by atoms with E-state index in [1.807, 2.05) is 6.92 Å². The maximum absolute atomic E-state index is 11.7. The molecule has 0 aliphatic carbocycles. The quantitative estimate of drug-likeness (QED) is 0.633. The van der Waals surface area contributed by atoms with Crippen LogP contribution in [0.4, 0.5) is 0 Å².